The Morgan fingerprint density at radius 3 is 2.86 bits per heavy atom. The lowest BCUT2D eigenvalue weighted by molar-refractivity contribution is 0.202. The number of methoxy groups -OCH3 is 1. The van der Waals surface area contributed by atoms with E-state index in [0.29, 0.717) is 23.7 Å². The van der Waals surface area contributed by atoms with E-state index in [0.717, 1.165) is 18.4 Å². The van der Waals surface area contributed by atoms with Crippen molar-refractivity contribution in [2.75, 3.05) is 13.7 Å². The summed E-state index contributed by atoms with van der Waals surface area (Å²) in [5, 5.41) is 10.5. The lowest BCUT2D eigenvalue weighted by atomic mass is 9.95. The minimum Gasteiger partial charge on any atom is -0.497 e. The van der Waals surface area contributed by atoms with E-state index in [2.05, 4.69) is 0 Å². The van der Waals surface area contributed by atoms with Gasteiger partial charge in [-0.2, -0.15) is 0 Å². The third-order valence-corrected chi connectivity index (χ3v) is 3.76. The predicted octanol–water partition coefficient (Wildman–Crippen LogP) is 3.24. The Morgan fingerprint density at radius 1 is 1.24 bits per heavy atom. The first-order valence-electron chi connectivity index (χ1n) is 6.97. The summed E-state index contributed by atoms with van der Waals surface area (Å²) in [4.78, 5) is 0. The first-order chi connectivity index (χ1) is 10.2. The number of ether oxygens (including phenoxy) is 2. The summed E-state index contributed by atoms with van der Waals surface area (Å²) in [5.74, 6) is 0.622. The number of aliphatic hydroxyl groups is 1. The average molecular weight is 288 g/mol. The third-order valence-electron chi connectivity index (χ3n) is 3.76. The van der Waals surface area contributed by atoms with E-state index < -0.39 is 11.9 Å². The van der Waals surface area contributed by atoms with Crippen molar-refractivity contribution in [3.63, 3.8) is 0 Å². The van der Waals surface area contributed by atoms with Crippen molar-refractivity contribution >= 4 is 0 Å². The smallest absolute Gasteiger partial charge is 0.133 e. The molecule has 0 amide bonds. The maximum atomic E-state index is 14.1. The minimum atomic E-state index is -1.05. The Bertz CT molecular complexity index is 654. The van der Waals surface area contributed by atoms with Crippen LogP contribution >= 0.6 is 0 Å². The van der Waals surface area contributed by atoms with Crippen molar-refractivity contribution in [1.82, 2.24) is 0 Å². The Hall–Kier alpha value is -2.07. The number of aliphatic hydroxyl groups excluding tert-OH is 1. The van der Waals surface area contributed by atoms with Crippen LogP contribution in [0.5, 0.6) is 11.5 Å². The number of para-hydroxylation sites is 1. The molecule has 0 bridgehead atoms. The van der Waals surface area contributed by atoms with Crippen LogP contribution in [0.15, 0.2) is 36.4 Å². The molecule has 0 radical (unpaired) electrons. The molecule has 1 heterocycles. The van der Waals surface area contributed by atoms with E-state index in [1.165, 1.54) is 13.2 Å². The van der Waals surface area contributed by atoms with Gasteiger partial charge in [-0.1, -0.05) is 18.2 Å². The fourth-order valence-electron chi connectivity index (χ4n) is 2.65. The van der Waals surface area contributed by atoms with Crippen molar-refractivity contribution < 1.29 is 19.0 Å². The molecular weight excluding hydrogens is 271 g/mol. The summed E-state index contributed by atoms with van der Waals surface area (Å²) in [6.45, 7) is 0.627. The summed E-state index contributed by atoms with van der Waals surface area (Å²) in [6, 6.07) is 10.1. The zero-order chi connectivity index (χ0) is 14.8. The monoisotopic (exact) mass is 288 g/mol. The number of hydrogen-bond acceptors (Lipinski definition) is 3. The molecule has 1 atom stereocenters. The maximum Gasteiger partial charge on any atom is 0.133 e. The standard InChI is InChI=1S/C17H17FO3/c1-20-12-7-8-13(15(18)10-12)16(19)14-6-2-4-11-5-3-9-21-17(11)14/h2,4,6-8,10,16,19H,3,5,9H2,1H3. The highest BCUT2D eigenvalue weighted by Crippen LogP contribution is 2.36. The first-order valence-corrected chi connectivity index (χ1v) is 6.97. The van der Waals surface area contributed by atoms with Gasteiger partial charge in [-0.25, -0.2) is 4.39 Å². The molecule has 0 fully saturated rings. The van der Waals surface area contributed by atoms with E-state index in [4.69, 9.17) is 9.47 Å². The lowest BCUT2D eigenvalue weighted by Gasteiger charge is -2.23. The lowest BCUT2D eigenvalue weighted by Crippen LogP contribution is -2.13. The third kappa shape index (κ3) is 2.59. The highest BCUT2D eigenvalue weighted by Gasteiger charge is 2.22. The Morgan fingerprint density at radius 2 is 2.10 bits per heavy atom. The van der Waals surface area contributed by atoms with Crippen LogP contribution in [0.4, 0.5) is 4.39 Å². The second-order valence-electron chi connectivity index (χ2n) is 5.08. The number of rotatable bonds is 3. The molecule has 21 heavy (non-hydrogen) atoms. The van der Waals surface area contributed by atoms with Gasteiger partial charge in [0, 0.05) is 17.2 Å². The van der Waals surface area contributed by atoms with Crippen LogP contribution in [0.2, 0.25) is 0 Å². The zero-order valence-electron chi connectivity index (χ0n) is 11.8. The van der Waals surface area contributed by atoms with Crippen molar-refractivity contribution in [2.24, 2.45) is 0 Å². The van der Waals surface area contributed by atoms with Gasteiger partial charge in [0.1, 0.15) is 23.4 Å². The molecule has 110 valence electrons. The van der Waals surface area contributed by atoms with Crippen LogP contribution in [0, 0.1) is 5.82 Å². The van der Waals surface area contributed by atoms with Crippen molar-refractivity contribution in [3.8, 4) is 11.5 Å². The van der Waals surface area contributed by atoms with Gasteiger partial charge in [-0.15, -0.1) is 0 Å². The molecule has 1 unspecified atom stereocenters. The molecule has 2 aromatic rings. The second-order valence-corrected chi connectivity index (χ2v) is 5.08. The molecule has 0 aromatic heterocycles. The summed E-state index contributed by atoms with van der Waals surface area (Å²) >= 11 is 0. The fraction of sp³-hybridized carbons (Fsp3) is 0.294. The van der Waals surface area contributed by atoms with Gasteiger partial charge in [0.15, 0.2) is 0 Å². The molecule has 0 aliphatic carbocycles. The Labute approximate surface area is 122 Å². The topological polar surface area (TPSA) is 38.7 Å². The highest BCUT2D eigenvalue weighted by molar-refractivity contribution is 5.47. The zero-order valence-corrected chi connectivity index (χ0v) is 11.8. The number of fused-ring (bicyclic) bond motifs is 1. The largest absolute Gasteiger partial charge is 0.497 e. The van der Waals surface area contributed by atoms with Crippen LogP contribution in [0.3, 0.4) is 0 Å². The van der Waals surface area contributed by atoms with Gasteiger partial charge >= 0.3 is 0 Å². The number of benzene rings is 2. The number of hydrogen-bond donors (Lipinski definition) is 1. The molecule has 2 aromatic carbocycles. The van der Waals surface area contributed by atoms with Gasteiger partial charge in [0.25, 0.3) is 0 Å². The molecule has 0 saturated carbocycles. The van der Waals surface area contributed by atoms with Crippen molar-refractivity contribution in [2.45, 2.75) is 18.9 Å². The SMILES string of the molecule is COc1ccc(C(O)c2cccc3c2OCCC3)c(F)c1. The molecule has 3 nitrogen and oxygen atoms in total. The number of aryl methyl sites for hydroxylation is 1. The summed E-state index contributed by atoms with van der Waals surface area (Å²) in [7, 11) is 1.48. The molecule has 1 aliphatic heterocycles. The van der Waals surface area contributed by atoms with E-state index in [9.17, 15) is 9.50 Å². The van der Waals surface area contributed by atoms with Crippen LogP contribution < -0.4 is 9.47 Å². The van der Waals surface area contributed by atoms with E-state index in [-0.39, 0.29) is 5.56 Å². The van der Waals surface area contributed by atoms with Crippen LogP contribution in [-0.2, 0) is 6.42 Å². The maximum absolute atomic E-state index is 14.1. The second kappa shape index (κ2) is 5.74. The molecule has 1 aliphatic rings. The van der Waals surface area contributed by atoms with Crippen LogP contribution in [0.25, 0.3) is 0 Å². The Balaban J connectivity index is 2.01. The summed E-state index contributed by atoms with van der Waals surface area (Å²) in [5.41, 5.74) is 1.89. The van der Waals surface area contributed by atoms with Gasteiger partial charge in [0.05, 0.1) is 13.7 Å². The molecular formula is C17H17FO3. The van der Waals surface area contributed by atoms with Crippen LogP contribution in [0.1, 0.15) is 29.2 Å². The molecule has 0 spiro atoms. The van der Waals surface area contributed by atoms with Gasteiger partial charge < -0.3 is 14.6 Å². The normalized spacial score (nSPS) is 15.0. The predicted molar refractivity (Wildman–Crippen MR) is 77.3 cm³/mol. The summed E-state index contributed by atoms with van der Waals surface area (Å²) in [6.07, 6.45) is 0.828. The van der Waals surface area contributed by atoms with Crippen molar-refractivity contribution in [1.29, 1.82) is 0 Å². The van der Waals surface area contributed by atoms with E-state index in [1.807, 2.05) is 12.1 Å². The quantitative estimate of drug-likeness (QED) is 0.942. The van der Waals surface area contributed by atoms with E-state index in [1.54, 1.807) is 18.2 Å². The van der Waals surface area contributed by atoms with E-state index >= 15 is 0 Å². The van der Waals surface area contributed by atoms with Crippen LogP contribution in [-0.4, -0.2) is 18.8 Å². The molecule has 0 saturated heterocycles. The molecule has 4 heteroatoms. The van der Waals surface area contributed by atoms with Crippen molar-refractivity contribution in [3.05, 3.63) is 58.9 Å². The molecule has 3 rings (SSSR count). The Kier molecular flexibility index (Phi) is 3.80. The van der Waals surface area contributed by atoms with Gasteiger partial charge in [0.2, 0.25) is 0 Å². The summed E-state index contributed by atoms with van der Waals surface area (Å²) < 4.78 is 24.8. The number of halogens is 1. The average Bonchev–Trinajstić information content (AvgIpc) is 2.53. The first kappa shape index (κ1) is 13.9. The minimum absolute atomic E-state index is 0.221. The molecule has 1 N–H and O–H groups in total. The fourth-order valence-corrected chi connectivity index (χ4v) is 2.65. The van der Waals surface area contributed by atoms with Gasteiger partial charge in [-0.05, 0) is 30.5 Å². The van der Waals surface area contributed by atoms with Gasteiger partial charge in [-0.3, -0.25) is 0 Å². The highest BCUT2D eigenvalue weighted by atomic mass is 19.1.